The van der Waals surface area contributed by atoms with E-state index in [-0.39, 0.29) is 22.5 Å². The van der Waals surface area contributed by atoms with Crippen molar-refractivity contribution in [2.24, 2.45) is 5.73 Å². The lowest BCUT2D eigenvalue weighted by molar-refractivity contribution is -0.137. The monoisotopic (exact) mass is 352 g/mol. The van der Waals surface area contributed by atoms with Gasteiger partial charge in [0, 0.05) is 16.6 Å². The van der Waals surface area contributed by atoms with Gasteiger partial charge in [0.1, 0.15) is 0 Å². The molecule has 0 spiro atoms. The summed E-state index contributed by atoms with van der Waals surface area (Å²) in [6.07, 6.45) is -1.83. The van der Waals surface area contributed by atoms with Gasteiger partial charge in [0.25, 0.3) is 0 Å². The van der Waals surface area contributed by atoms with Crippen LogP contribution in [0.15, 0.2) is 22.7 Å². The molecule has 112 valence electrons. The maximum absolute atomic E-state index is 12.6. The molecule has 0 bridgehead atoms. The number of unbranched alkanes of at least 4 members (excludes halogenated alkanes) is 2. The predicted molar refractivity (Wildman–Crippen MR) is 75.3 cm³/mol. The number of benzene rings is 1. The van der Waals surface area contributed by atoms with Gasteiger partial charge < -0.3 is 11.1 Å². The fourth-order valence-corrected chi connectivity index (χ4v) is 2.15. The highest BCUT2D eigenvalue weighted by atomic mass is 79.9. The van der Waals surface area contributed by atoms with Crippen LogP contribution in [-0.4, -0.2) is 12.5 Å². The Hall–Kier alpha value is -1.08. The summed E-state index contributed by atoms with van der Waals surface area (Å²) >= 11 is 3.00. The van der Waals surface area contributed by atoms with Gasteiger partial charge in [-0.2, -0.15) is 13.2 Å². The topological polar surface area (TPSA) is 55.1 Å². The van der Waals surface area contributed by atoms with E-state index in [1.165, 1.54) is 6.07 Å². The maximum Gasteiger partial charge on any atom is 0.416 e. The molecule has 0 aromatic heterocycles. The molecule has 0 saturated heterocycles. The number of anilines is 1. The summed E-state index contributed by atoms with van der Waals surface area (Å²) in [7, 11) is 0. The molecule has 0 saturated carbocycles. The summed E-state index contributed by atoms with van der Waals surface area (Å²) in [5.41, 5.74) is 4.66. The number of amides is 1. The zero-order valence-corrected chi connectivity index (χ0v) is 12.4. The Bertz CT molecular complexity index is 463. The normalized spacial score (nSPS) is 11.4. The van der Waals surface area contributed by atoms with Gasteiger partial charge in [0.2, 0.25) is 5.91 Å². The fraction of sp³-hybridized carbons (Fsp3) is 0.462. The Labute approximate surface area is 123 Å². The minimum Gasteiger partial charge on any atom is -0.330 e. The van der Waals surface area contributed by atoms with Crippen LogP contribution in [0.25, 0.3) is 0 Å². The summed E-state index contributed by atoms with van der Waals surface area (Å²) in [6.45, 7) is 0.572. The largest absolute Gasteiger partial charge is 0.416 e. The van der Waals surface area contributed by atoms with Gasteiger partial charge in [-0.25, -0.2) is 0 Å². The fourth-order valence-electron chi connectivity index (χ4n) is 1.66. The molecule has 0 heterocycles. The first-order chi connectivity index (χ1) is 9.32. The highest BCUT2D eigenvalue weighted by Crippen LogP contribution is 2.33. The second-order valence-corrected chi connectivity index (χ2v) is 5.29. The number of halogens is 4. The van der Waals surface area contributed by atoms with E-state index in [1.54, 1.807) is 0 Å². The van der Waals surface area contributed by atoms with Gasteiger partial charge in [0.05, 0.1) is 5.56 Å². The molecule has 0 unspecified atom stereocenters. The van der Waals surface area contributed by atoms with Gasteiger partial charge in [-0.15, -0.1) is 0 Å². The van der Waals surface area contributed by atoms with Crippen LogP contribution in [0.5, 0.6) is 0 Å². The highest BCUT2D eigenvalue weighted by Gasteiger charge is 2.31. The van der Waals surface area contributed by atoms with E-state index in [4.69, 9.17) is 5.73 Å². The molecule has 20 heavy (non-hydrogen) atoms. The van der Waals surface area contributed by atoms with E-state index >= 15 is 0 Å². The first kappa shape index (κ1) is 17.0. The Balaban J connectivity index is 2.63. The van der Waals surface area contributed by atoms with Crippen molar-refractivity contribution >= 4 is 27.5 Å². The van der Waals surface area contributed by atoms with Crippen molar-refractivity contribution in [3.05, 3.63) is 28.2 Å². The van der Waals surface area contributed by atoms with Crippen molar-refractivity contribution in [1.29, 1.82) is 0 Å². The molecule has 1 aromatic rings. The van der Waals surface area contributed by atoms with Gasteiger partial charge in [-0.3, -0.25) is 4.79 Å². The molecule has 0 atom stereocenters. The van der Waals surface area contributed by atoms with Crippen molar-refractivity contribution in [3.63, 3.8) is 0 Å². The number of hydrogen-bond acceptors (Lipinski definition) is 2. The van der Waals surface area contributed by atoms with E-state index in [0.29, 0.717) is 13.0 Å². The van der Waals surface area contributed by atoms with Crippen LogP contribution in [0.2, 0.25) is 0 Å². The van der Waals surface area contributed by atoms with Crippen LogP contribution >= 0.6 is 15.9 Å². The molecule has 0 aliphatic carbocycles. The third kappa shape index (κ3) is 5.92. The van der Waals surface area contributed by atoms with Crippen LogP contribution in [-0.2, 0) is 11.0 Å². The summed E-state index contributed by atoms with van der Waals surface area (Å²) in [4.78, 5) is 11.6. The third-order valence-corrected chi connectivity index (χ3v) is 3.07. The minimum atomic E-state index is -4.44. The summed E-state index contributed by atoms with van der Waals surface area (Å²) in [6, 6.07) is 3.33. The van der Waals surface area contributed by atoms with Crippen LogP contribution < -0.4 is 11.1 Å². The summed E-state index contributed by atoms with van der Waals surface area (Å²) < 4.78 is 38.2. The van der Waals surface area contributed by atoms with Crippen molar-refractivity contribution in [1.82, 2.24) is 0 Å². The molecular weight excluding hydrogens is 337 g/mol. The first-order valence-corrected chi connectivity index (χ1v) is 7.00. The second-order valence-electron chi connectivity index (χ2n) is 4.37. The molecule has 3 nitrogen and oxygen atoms in total. The smallest absolute Gasteiger partial charge is 0.330 e. The molecule has 0 aliphatic rings. The van der Waals surface area contributed by atoms with Gasteiger partial charge in [-0.05, 0) is 37.6 Å². The first-order valence-electron chi connectivity index (χ1n) is 6.20. The summed E-state index contributed by atoms with van der Waals surface area (Å²) in [5, 5.41) is 2.47. The van der Waals surface area contributed by atoms with Crippen molar-refractivity contribution < 1.29 is 18.0 Å². The molecule has 1 rings (SSSR count). The third-order valence-electron chi connectivity index (χ3n) is 2.62. The summed E-state index contributed by atoms with van der Waals surface area (Å²) in [5.74, 6) is -0.298. The number of rotatable bonds is 6. The Morgan fingerprint density at radius 1 is 1.20 bits per heavy atom. The second kappa shape index (κ2) is 7.64. The highest BCUT2D eigenvalue weighted by molar-refractivity contribution is 9.10. The molecule has 0 radical (unpaired) electrons. The Morgan fingerprint density at radius 3 is 2.50 bits per heavy atom. The van der Waals surface area contributed by atoms with E-state index < -0.39 is 11.7 Å². The van der Waals surface area contributed by atoms with Gasteiger partial charge >= 0.3 is 6.18 Å². The van der Waals surface area contributed by atoms with Gasteiger partial charge in [0.15, 0.2) is 0 Å². The molecule has 1 amide bonds. The lowest BCUT2D eigenvalue weighted by atomic mass is 10.1. The Morgan fingerprint density at radius 2 is 1.90 bits per heavy atom. The van der Waals surface area contributed by atoms with Gasteiger partial charge in [-0.1, -0.05) is 22.4 Å². The van der Waals surface area contributed by atoms with Crippen molar-refractivity contribution in [3.8, 4) is 0 Å². The predicted octanol–water partition coefficient (Wildman–Crippen LogP) is 3.93. The molecule has 0 aliphatic heterocycles. The molecule has 7 heteroatoms. The average Bonchev–Trinajstić information content (AvgIpc) is 2.33. The van der Waals surface area contributed by atoms with E-state index in [0.717, 1.165) is 25.0 Å². The van der Waals surface area contributed by atoms with Crippen LogP contribution in [0.3, 0.4) is 0 Å². The SMILES string of the molecule is NCCCCCC(=O)Nc1cc(Br)cc(C(F)(F)F)c1. The number of carbonyl (C=O) groups is 1. The number of nitrogens with one attached hydrogen (secondary N) is 1. The average molecular weight is 353 g/mol. The zero-order valence-electron chi connectivity index (χ0n) is 10.8. The standard InChI is InChI=1S/C13H16BrF3N2O/c14-10-6-9(13(15,16)17)7-11(8-10)19-12(20)4-2-1-3-5-18/h6-8H,1-5,18H2,(H,19,20). The quantitative estimate of drug-likeness (QED) is 0.762. The van der Waals surface area contributed by atoms with Crippen LogP contribution in [0.1, 0.15) is 31.2 Å². The van der Waals surface area contributed by atoms with E-state index in [1.807, 2.05) is 0 Å². The van der Waals surface area contributed by atoms with Crippen LogP contribution in [0.4, 0.5) is 18.9 Å². The maximum atomic E-state index is 12.6. The molecular formula is C13H16BrF3N2O. The molecule has 1 aromatic carbocycles. The number of carbonyl (C=O) groups excluding carboxylic acids is 1. The molecule has 3 N–H and O–H groups in total. The minimum absolute atomic E-state index is 0.135. The van der Waals surface area contributed by atoms with Crippen molar-refractivity contribution in [2.75, 3.05) is 11.9 Å². The van der Waals surface area contributed by atoms with Crippen molar-refractivity contribution in [2.45, 2.75) is 31.9 Å². The van der Waals surface area contributed by atoms with E-state index in [2.05, 4.69) is 21.2 Å². The zero-order chi connectivity index (χ0) is 15.2. The lowest BCUT2D eigenvalue weighted by Gasteiger charge is -2.11. The number of alkyl halides is 3. The number of hydrogen-bond donors (Lipinski definition) is 2. The lowest BCUT2D eigenvalue weighted by Crippen LogP contribution is -2.13. The number of nitrogens with two attached hydrogens (primary N) is 1. The molecule has 0 fully saturated rings. The Kier molecular flexibility index (Phi) is 6.48. The van der Waals surface area contributed by atoms with E-state index in [9.17, 15) is 18.0 Å². The van der Waals surface area contributed by atoms with Crippen LogP contribution in [0, 0.1) is 0 Å².